The maximum atomic E-state index is 13.1. The quantitative estimate of drug-likeness (QED) is 0.330. The first kappa shape index (κ1) is 21.3. The normalized spacial score (nSPS) is 17.9. The molecule has 1 aliphatic rings. The van der Waals surface area contributed by atoms with Gasteiger partial charge in [0.2, 0.25) is 5.91 Å². The SMILES string of the molecule is O=C1CC(c2ccccc2)NC(n2nc(-c3cccs3)cc2NC(=O)c2cc3ccccc3o2)N1. The molecule has 35 heavy (non-hydrogen) atoms. The van der Waals surface area contributed by atoms with Gasteiger partial charge in [-0.3, -0.25) is 14.9 Å². The van der Waals surface area contributed by atoms with Gasteiger partial charge in [-0.25, -0.2) is 4.68 Å². The Bertz CT molecular complexity index is 1470. The number of fused-ring (bicyclic) bond motifs is 1. The van der Waals surface area contributed by atoms with Crippen molar-refractivity contribution in [3.8, 4) is 10.6 Å². The molecule has 3 N–H and O–H groups in total. The first-order valence-corrected chi connectivity index (χ1v) is 12.1. The number of rotatable bonds is 5. The van der Waals surface area contributed by atoms with E-state index in [1.807, 2.05) is 72.1 Å². The Morgan fingerprint density at radius 3 is 2.69 bits per heavy atom. The molecule has 0 aliphatic carbocycles. The van der Waals surface area contributed by atoms with Crippen molar-refractivity contribution < 1.29 is 14.0 Å². The molecule has 8 nitrogen and oxygen atoms in total. The molecule has 5 aromatic rings. The van der Waals surface area contributed by atoms with E-state index in [1.54, 1.807) is 28.2 Å². The van der Waals surface area contributed by atoms with Gasteiger partial charge in [0.15, 0.2) is 12.0 Å². The Morgan fingerprint density at radius 1 is 1.06 bits per heavy atom. The first-order chi connectivity index (χ1) is 17.1. The van der Waals surface area contributed by atoms with Crippen LogP contribution >= 0.6 is 11.3 Å². The molecule has 6 rings (SSSR count). The lowest BCUT2D eigenvalue weighted by Crippen LogP contribution is -2.50. The zero-order valence-corrected chi connectivity index (χ0v) is 19.3. The lowest BCUT2D eigenvalue weighted by molar-refractivity contribution is -0.125. The molecule has 0 spiro atoms. The smallest absolute Gasteiger partial charge is 0.292 e. The van der Waals surface area contributed by atoms with E-state index in [0.717, 1.165) is 15.8 Å². The maximum Gasteiger partial charge on any atom is 0.292 e. The fourth-order valence-electron chi connectivity index (χ4n) is 4.22. The van der Waals surface area contributed by atoms with E-state index in [1.165, 1.54) is 0 Å². The van der Waals surface area contributed by atoms with Crippen molar-refractivity contribution in [1.29, 1.82) is 0 Å². The fraction of sp³-hybridized carbons (Fsp3) is 0.115. The van der Waals surface area contributed by atoms with Crippen molar-refractivity contribution >= 4 is 39.9 Å². The Hall–Kier alpha value is -4.21. The highest BCUT2D eigenvalue weighted by Gasteiger charge is 2.30. The standard InChI is InChI=1S/C26H21N5O3S/c32-24-15-18(16-7-2-1-3-8-16)27-26(29-24)31-23(14-19(30-31)22-11-6-12-35-22)28-25(33)21-13-17-9-4-5-10-20(17)34-21/h1-14,18,26-27H,15H2,(H,28,33)(H,29,32). The van der Waals surface area contributed by atoms with Crippen LogP contribution in [-0.4, -0.2) is 21.6 Å². The van der Waals surface area contributed by atoms with Crippen LogP contribution in [0.4, 0.5) is 5.82 Å². The second-order valence-corrected chi connectivity index (χ2v) is 9.19. The third-order valence-corrected chi connectivity index (χ3v) is 6.79. The van der Waals surface area contributed by atoms with Gasteiger partial charge in [-0.2, -0.15) is 5.10 Å². The van der Waals surface area contributed by atoms with Crippen LogP contribution in [0.25, 0.3) is 21.5 Å². The van der Waals surface area contributed by atoms with E-state index in [9.17, 15) is 9.59 Å². The number of amides is 2. The Morgan fingerprint density at radius 2 is 1.89 bits per heavy atom. The summed E-state index contributed by atoms with van der Waals surface area (Å²) in [5, 5.41) is 16.9. The summed E-state index contributed by atoms with van der Waals surface area (Å²) in [6.07, 6.45) is -0.346. The number of anilines is 1. The number of carbonyl (C=O) groups excluding carboxylic acids is 2. The average Bonchev–Trinajstić information content (AvgIpc) is 3.63. The minimum absolute atomic E-state index is 0.106. The van der Waals surface area contributed by atoms with Gasteiger partial charge in [0, 0.05) is 23.9 Å². The van der Waals surface area contributed by atoms with Gasteiger partial charge >= 0.3 is 0 Å². The summed E-state index contributed by atoms with van der Waals surface area (Å²) in [6, 6.07) is 24.5. The van der Waals surface area contributed by atoms with Crippen LogP contribution in [0.5, 0.6) is 0 Å². The van der Waals surface area contributed by atoms with Crippen molar-refractivity contribution in [3.05, 3.63) is 95.6 Å². The predicted molar refractivity (Wildman–Crippen MR) is 134 cm³/mol. The number of furan rings is 1. The Kier molecular flexibility index (Phi) is 5.40. The Balaban J connectivity index is 1.34. The second kappa shape index (κ2) is 8.86. The zero-order valence-electron chi connectivity index (χ0n) is 18.5. The molecule has 1 fully saturated rings. The summed E-state index contributed by atoms with van der Waals surface area (Å²) in [7, 11) is 0. The molecule has 1 aliphatic heterocycles. The van der Waals surface area contributed by atoms with Crippen molar-refractivity contribution in [2.75, 3.05) is 5.32 Å². The average molecular weight is 484 g/mol. The van der Waals surface area contributed by atoms with Crippen molar-refractivity contribution in [2.45, 2.75) is 18.8 Å². The molecule has 3 aromatic heterocycles. The lowest BCUT2D eigenvalue weighted by Gasteiger charge is -2.32. The summed E-state index contributed by atoms with van der Waals surface area (Å²) < 4.78 is 7.33. The number of nitrogens with one attached hydrogen (secondary N) is 3. The predicted octanol–water partition coefficient (Wildman–Crippen LogP) is 4.92. The second-order valence-electron chi connectivity index (χ2n) is 8.24. The van der Waals surface area contributed by atoms with Gasteiger partial charge in [-0.05, 0) is 29.1 Å². The molecule has 2 amide bonds. The van der Waals surface area contributed by atoms with Gasteiger partial charge in [-0.1, -0.05) is 54.6 Å². The van der Waals surface area contributed by atoms with Gasteiger partial charge in [0.1, 0.15) is 17.1 Å². The molecule has 0 radical (unpaired) electrons. The molecule has 0 saturated carbocycles. The van der Waals surface area contributed by atoms with E-state index < -0.39 is 12.2 Å². The molecular formula is C26H21N5O3S. The van der Waals surface area contributed by atoms with Gasteiger partial charge in [0.05, 0.1) is 4.88 Å². The number of carbonyl (C=O) groups is 2. The summed E-state index contributed by atoms with van der Waals surface area (Å²) in [5.41, 5.74) is 2.33. The van der Waals surface area contributed by atoms with Crippen LogP contribution in [0.15, 0.2) is 88.7 Å². The summed E-state index contributed by atoms with van der Waals surface area (Å²) in [4.78, 5) is 26.7. The molecule has 2 atom stereocenters. The van der Waals surface area contributed by atoms with Crippen LogP contribution < -0.4 is 16.0 Å². The molecule has 0 bridgehead atoms. The van der Waals surface area contributed by atoms with Crippen molar-refractivity contribution in [2.24, 2.45) is 0 Å². The highest BCUT2D eigenvalue weighted by molar-refractivity contribution is 7.13. The molecule has 1 saturated heterocycles. The van der Waals surface area contributed by atoms with E-state index >= 15 is 0 Å². The topological polar surface area (TPSA) is 101 Å². The summed E-state index contributed by atoms with van der Waals surface area (Å²) >= 11 is 1.55. The monoisotopic (exact) mass is 483 g/mol. The summed E-state index contributed by atoms with van der Waals surface area (Å²) in [6.45, 7) is 0. The van der Waals surface area contributed by atoms with E-state index in [2.05, 4.69) is 16.0 Å². The van der Waals surface area contributed by atoms with Crippen LogP contribution in [0.3, 0.4) is 0 Å². The van der Waals surface area contributed by atoms with Crippen LogP contribution in [-0.2, 0) is 4.79 Å². The van der Waals surface area contributed by atoms with E-state index in [0.29, 0.717) is 23.5 Å². The number of aromatic nitrogens is 2. The zero-order chi connectivity index (χ0) is 23.8. The number of benzene rings is 2. The first-order valence-electron chi connectivity index (χ1n) is 11.2. The number of para-hydroxylation sites is 1. The highest BCUT2D eigenvalue weighted by atomic mass is 32.1. The van der Waals surface area contributed by atoms with Gasteiger partial charge < -0.3 is 15.1 Å². The third-order valence-electron chi connectivity index (χ3n) is 5.89. The van der Waals surface area contributed by atoms with Crippen molar-refractivity contribution in [1.82, 2.24) is 20.4 Å². The minimum Gasteiger partial charge on any atom is -0.451 e. The molecule has 9 heteroatoms. The molecule has 2 unspecified atom stereocenters. The molecule has 4 heterocycles. The third kappa shape index (κ3) is 4.23. The number of nitrogens with zero attached hydrogens (tertiary/aromatic N) is 2. The number of hydrogen-bond acceptors (Lipinski definition) is 6. The Labute approximate surface area is 204 Å². The lowest BCUT2D eigenvalue weighted by atomic mass is 10.0. The maximum absolute atomic E-state index is 13.1. The number of thiophene rings is 1. The highest BCUT2D eigenvalue weighted by Crippen LogP contribution is 2.30. The fourth-order valence-corrected chi connectivity index (χ4v) is 4.90. The van der Waals surface area contributed by atoms with Crippen LogP contribution in [0.1, 0.15) is 34.9 Å². The van der Waals surface area contributed by atoms with E-state index in [4.69, 9.17) is 9.52 Å². The van der Waals surface area contributed by atoms with Crippen LogP contribution in [0, 0.1) is 0 Å². The largest absolute Gasteiger partial charge is 0.451 e. The minimum atomic E-state index is -0.652. The molecule has 174 valence electrons. The van der Waals surface area contributed by atoms with Crippen LogP contribution in [0.2, 0.25) is 0 Å². The van der Waals surface area contributed by atoms with Gasteiger partial charge in [0.25, 0.3) is 5.91 Å². The van der Waals surface area contributed by atoms with Gasteiger partial charge in [-0.15, -0.1) is 11.3 Å². The molecular weight excluding hydrogens is 462 g/mol. The summed E-state index contributed by atoms with van der Waals surface area (Å²) in [5.74, 6) is 0.122. The van der Waals surface area contributed by atoms with E-state index in [-0.39, 0.29) is 17.7 Å². The molecule has 2 aromatic carbocycles. The number of hydrogen-bond donors (Lipinski definition) is 3. The van der Waals surface area contributed by atoms with Crippen molar-refractivity contribution in [3.63, 3.8) is 0 Å².